The van der Waals surface area contributed by atoms with Crippen LogP contribution in [0.4, 0.5) is 4.39 Å². The highest BCUT2D eigenvalue weighted by Crippen LogP contribution is 2.29. The van der Waals surface area contributed by atoms with E-state index in [0.29, 0.717) is 17.7 Å². The maximum atomic E-state index is 13.3. The first-order valence-electron chi connectivity index (χ1n) is 6.26. The van der Waals surface area contributed by atoms with Crippen molar-refractivity contribution in [1.82, 2.24) is 9.78 Å². The minimum Gasteiger partial charge on any atom is -0.298 e. The molecule has 0 aliphatic rings. The summed E-state index contributed by atoms with van der Waals surface area (Å²) in [5.74, 6) is -0.395. The van der Waals surface area contributed by atoms with Crippen LogP contribution in [0.2, 0.25) is 5.15 Å². The summed E-state index contributed by atoms with van der Waals surface area (Å²) in [6.07, 6.45) is 0.660. The van der Waals surface area contributed by atoms with E-state index in [1.807, 2.05) is 30.3 Å². The molecular formula is C16H10ClFN2O. The summed E-state index contributed by atoms with van der Waals surface area (Å²) >= 11 is 6.21. The molecule has 21 heavy (non-hydrogen) atoms. The van der Waals surface area contributed by atoms with Crippen LogP contribution >= 0.6 is 11.6 Å². The van der Waals surface area contributed by atoms with E-state index in [0.717, 1.165) is 5.56 Å². The molecule has 3 aromatic rings. The molecule has 0 aliphatic heterocycles. The zero-order valence-electron chi connectivity index (χ0n) is 10.8. The molecule has 0 bridgehead atoms. The van der Waals surface area contributed by atoms with E-state index in [-0.39, 0.29) is 10.7 Å². The highest BCUT2D eigenvalue weighted by atomic mass is 35.5. The molecule has 0 radical (unpaired) electrons. The fourth-order valence-electron chi connectivity index (χ4n) is 2.10. The number of nitrogens with zero attached hydrogens (tertiary/aromatic N) is 2. The van der Waals surface area contributed by atoms with E-state index in [1.165, 1.54) is 16.8 Å². The standard InChI is InChI=1S/C16H10ClFN2O/c17-16-14(10-21)15(11-5-2-1-3-6-11)19-20(16)13-8-4-7-12(18)9-13/h1-10H. The Labute approximate surface area is 125 Å². The maximum absolute atomic E-state index is 13.3. The summed E-state index contributed by atoms with van der Waals surface area (Å²) in [6, 6.07) is 15.1. The molecule has 3 nitrogen and oxygen atoms in total. The zero-order chi connectivity index (χ0) is 14.8. The smallest absolute Gasteiger partial charge is 0.155 e. The van der Waals surface area contributed by atoms with E-state index in [4.69, 9.17) is 11.6 Å². The third kappa shape index (κ3) is 2.45. The molecule has 0 spiro atoms. The predicted octanol–water partition coefficient (Wildman–Crippen LogP) is 4.14. The highest BCUT2D eigenvalue weighted by molar-refractivity contribution is 6.32. The van der Waals surface area contributed by atoms with Crippen molar-refractivity contribution in [3.63, 3.8) is 0 Å². The fraction of sp³-hybridized carbons (Fsp3) is 0. The van der Waals surface area contributed by atoms with E-state index in [2.05, 4.69) is 5.10 Å². The van der Waals surface area contributed by atoms with Crippen molar-refractivity contribution in [3.05, 3.63) is 71.1 Å². The predicted molar refractivity (Wildman–Crippen MR) is 79.4 cm³/mol. The van der Waals surface area contributed by atoms with Gasteiger partial charge in [0.15, 0.2) is 6.29 Å². The van der Waals surface area contributed by atoms with Crippen molar-refractivity contribution in [2.24, 2.45) is 0 Å². The van der Waals surface area contributed by atoms with E-state index in [9.17, 15) is 9.18 Å². The van der Waals surface area contributed by atoms with Crippen LogP contribution in [-0.2, 0) is 0 Å². The Hall–Kier alpha value is -2.46. The Balaban J connectivity index is 2.21. The number of benzene rings is 2. The average molecular weight is 301 g/mol. The van der Waals surface area contributed by atoms with Crippen LogP contribution in [0.15, 0.2) is 54.6 Å². The SMILES string of the molecule is O=Cc1c(-c2ccccc2)nn(-c2cccc(F)c2)c1Cl. The second-order valence-electron chi connectivity index (χ2n) is 4.43. The Kier molecular flexibility index (Phi) is 3.54. The largest absolute Gasteiger partial charge is 0.298 e. The Morgan fingerprint density at radius 2 is 1.86 bits per heavy atom. The average Bonchev–Trinajstić information content (AvgIpc) is 2.85. The number of aromatic nitrogens is 2. The third-order valence-corrected chi connectivity index (χ3v) is 3.44. The van der Waals surface area contributed by atoms with Gasteiger partial charge < -0.3 is 0 Å². The lowest BCUT2D eigenvalue weighted by Crippen LogP contribution is -1.97. The van der Waals surface area contributed by atoms with Crippen molar-refractivity contribution < 1.29 is 9.18 Å². The number of aldehydes is 1. The quantitative estimate of drug-likeness (QED) is 0.681. The Morgan fingerprint density at radius 1 is 1.10 bits per heavy atom. The molecule has 0 saturated carbocycles. The van der Waals surface area contributed by atoms with Crippen LogP contribution in [0.1, 0.15) is 10.4 Å². The van der Waals surface area contributed by atoms with Gasteiger partial charge in [-0.2, -0.15) is 5.10 Å². The van der Waals surface area contributed by atoms with Crippen LogP contribution in [0, 0.1) is 5.82 Å². The van der Waals surface area contributed by atoms with E-state index in [1.54, 1.807) is 12.1 Å². The first kappa shape index (κ1) is 13.5. The molecule has 2 aromatic carbocycles. The molecule has 0 aliphatic carbocycles. The van der Waals surface area contributed by atoms with Crippen LogP contribution < -0.4 is 0 Å². The van der Waals surface area contributed by atoms with Crippen LogP contribution in [-0.4, -0.2) is 16.1 Å². The summed E-state index contributed by atoms with van der Waals surface area (Å²) in [4.78, 5) is 11.3. The molecule has 1 heterocycles. The Morgan fingerprint density at radius 3 is 2.52 bits per heavy atom. The fourth-order valence-corrected chi connectivity index (χ4v) is 2.37. The molecule has 0 N–H and O–H groups in total. The van der Waals surface area contributed by atoms with Gasteiger partial charge in [-0.25, -0.2) is 9.07 Å². The molecule has 5 heteroatoms. The highest BCUT2D eigenvalue weighted by Gasteiger charge is 2.18. The van der Waals surface area contributed by atoms with Crippen molar-refractivity contribution in [1.29, 1.82) is 0 Å². The van der Waals surface area contributed by atoms with Crippen molar-refractivity contribution in [2.45, 2.75) is 0 Å². The van der Waals surface area contributed by atoms with Gasteiger partial charge >= 0.3 is 0 Å². The molecule has 0 saturated heterocycles. The zero-order valence-corrected chi connectivity index (χ0v) is 11.6. The molecule has 0 unspecified atom stereocenters. The number of halogens is 2. The molecule has 0 amide bonds. The second kappa shape index (κ2) is 5.50. The number of rotatable bonds is 3. The summed E-state index contributed by atoms with van der Waals surface area (Å²) in [5, 5.41) is 4.51. The van der Waals surface area contributed by atoms with Gasteiger partial charge in [-0.05, 0) is 18.2 Å². The monoisotopic (exact) mass is 300 g/mol. The third-order valence-electron chi connectivity index (χ3n) is 3.08. The second-order valence-corrected chi connectivity index (χ2v) is 4.79. The summed E-state index contributed by atoms with van der Waals surface area (Å²) in [6.45, 7) is 0. The summed E-state index contributed by atoms with van der Waals surface area (Å²) < 4.78 is 14.7. The van der Waals surface area contributed by atoms with Gasteiger partial charge in [0.2, 0.25) is 0 Å². The molecule has 104 valence electrons. The molecular weight excluding hydrogens is 291 g/mol. The maximum Gasteiger partial charge on any atom is 0.155 e. The number of hydrogen-bond donors (Lipinski definition) is 0. The topological polar surface area (TPSA) is 34.9 Å². The first-order chi connectivity index (χ1) is 10.2. The van der Waals surface area contributed by atoms with Gasteiger partial charge in [0, 0.05) is 5.56 Å². The van der Waals surface area contributed by atoms with Gasteiger partial charge in [-0.3, -0.25) is 4.79 Å². The summed E-state index contributed by atoms with van der Waals surface area (Å²) in [7, 11) is 0. The van der Waals surface area contributed by atoms with Gasteiger partial charge in [0.1, 0.15) is 16.7 Å². The van der Waals surface area contributed by atoms with Gasteiger partial charge in [-0.1, -0.05) is 48.0 Å². The van der Waals surface area contributed by atoms with Gasteiger partial charge in [-0.15, -0.1) is 0 Å². The van der Waals surface area contributed by atoms with Crippen molar-refractivity contribution in [2.75, 3.05) is 0 Å². The number of hydrogen-bond acceptors (Lipinski definition) is 2. The van der Waals surface area contributed by atoms with Gasteiger partial charge in [0.05, 0.1) is 11.3 Å². The number of carbonyl (C=O) groups excluding carboxylic acids is 1. The minimum atomic E-state index is -0.395. The van der Waals surface area contributed by atoms with Crippen LogP contribution in [0.25, 0.3) is 16.9 Å². The molecule has 0 fully saturated rings. The normalized spacial score (nSPS) is 10.6. The lowest BCUT2D eigenvalue weighted by atomic mass is 10.1. The van der Waals surface area contributed by atoms with Crippen LogP contribution in [0.5, 0.6) is 0 Å². The summed E-state index contributed by atoms with van der Waals surface area (Å²) in [5.41, 5.74) is 1.99. The van der Waals surface area contributed by atoms with Gasteiger partial charge in [0.25, 0.3) is 0 Å². The van der Waals surface area contributed by atoms with Crippen molar-refractivity contribution >= 4 is 17.9 Å². The lowest BCUT2D eigenvalue weighted by molar-refractivity contribution is 0.112. The molecule has 0 atom stereocenters. The lowest BCUT2D eigenvalue weighted by Gasteiger charge is -2.02. The Bertz CT molecular complexity index is 799. The molecule has 1 aromatic heterocycles. The first-order valence-corrected chi connectivity index (χ1v) is 6.63. The molecule has 3 rings (SSSR count). The van der Waals surface area contributed by atoms with E-state index >= 15 is 0 Å². The number of carbonyl (C=O) groups is 1. The van der Waals surface area contributed by atoms with Crippen molar-refractivity contribution in [3.8, 4) is 16.9 Å². The minimum absolute atomic E-state index is 0.162. The van der Waals surface area contributed by atoms with Crippen LogP contribution in [0.3, 0.4) is 0 Å². The van der Waals surface area contributed by atoms with E-state index < -0.39 is 5.82 Å².